The number of para-hydroxylation sites is 1. The number of hydrogen-bond donors (Lipinski definition) is 3. The monoisotopic (exact) mass is 299 g/mol. The van der Waals surface area contributed by atoms with E-state index in [0.29, 0.717) is 5.56 Å². The SMILES string of the molecule is Cc1ccc(C(=O)NC(=S)NNc2ccccc2)cc1C. The first-order valence-corrected chi connectivity index (χ1v) is 6.97. The first kappa shape index (κ1) is 15.0. The number of carbonyl (C=O) groups excluding carboxylic acids is 1. The number of hydrazine groups is 1. The minimum absolute atomic E-state index is 0.224. The van der Waals surface area contributed by atoms with Gasteiger partial charge in [0.15, 0.2) is 5.11 Å². The Morgan fingerprint density at radius 2 is 1.71 bits per heavy atom. The van der Waals surface area contributed by atoms with Crippen LogP contribution in [0.4, 0.5) is 5.69 Å². The van der Waals surface area contributed by atoms with Gasteiger partial charge in [0.2, 0.25) is 0 Å². The van der Waals surface area contributed by atoms with Gasteiger partial charge >= 0.3 is 0 Å². The Hall–Kier alpha value is -2.40. The summed E-state index contributed by atoms with van der Waals surface area (Å²) in [7, 11) is 0. The molecule has 0 heterocycles. The Morgan fingerprint density at radius 3 is 2.38 bits per heavy atom. The zero-order valence-electron chi connectivity index (χ0n) is 11.9. The van der Waals surface area contributed by atoms with E-state index in [9.17, 15) is 4.79 Å². The van der Waals surface area contributed by atoms with Crippen LogP contribution in [0.15, 0.2) is 48.5 Å². The summed E-state index contributed by atoms with van der Waals surface area (Å²) in [4.78, 5) is 12.1. The number of carbonyl (C=O) groups is 1. The molecule has 0 aliphatic rings. The molecule has 2 aromatic rings. The maximum atomic E-state index is 12.1. The summed E-state index contributed by atoms with van der Waals surface area (Å²) in [5, 5.41) is 2.86. The lowest BCUT2D eigenvalue weighted by Crippen LogP contribution is -2.41. The second kappa shape index (κ2) is 6.85. The number of aryl methyl sites for hydroxylation is 2. The van der Waals surface area contributed by atoms with Gasteiger partial charge in [0.25, 0.3) is 5.91 Å². The van der Waals surface area contributed by atoms with Crippen molar-refractivity contribution in [3.8, 4) is 0 Å². The summed E-state index contributed by atoms with van der Waals surface area (Å²) in [6.07, 6.45) is 0. The number of hydrogen-bond acceptors (Lipinski definition) is 3. The molecule has 0 radical (unpaired) electrons. The van der Waals surface area contributed by atoms with Gasteiger partial charge in [0.1, 0.15) is 0 Å². The van der Waals surface area contributed by atoms with E-state index >= 15 is 0 Å². The van der Waals surface area contributed by atoms with Crippen LogP contribution in [0.25, 0.3) is 0 Å². The first-order valence-electron chi connectivity index (χ1n) is 6.56. The van der Waals surface area contributed by atoms with Crippen LogP contribution in [0, 0.1) is 13.8 Å². The smallest absolute Gasteiger partial charge is 0.257 e. The van der Waals surface area contributed by atoms with Gasteiger partial charge in [-0.15, -0.1) is 0 Å². The van der Waals surface area contributed by atoms with Crippen molar-refractivity contribution in [1.82, 2.24) is 10.7 Å². The van der Waals surface area contributed by atoms with Gasteiger partial charge in [0, 0.05) is 5.56 Å². The summed E-state index contributed by atoms with van der Waals surface area (Å²) in [5.74, 6) is -0.231. The van der Waals surface area contributed by atoms with E-state index in [1.807, 2.05) is 56.3 Å². The summed E-state index contributed by atoms with van der Waals surface area (Å²) < 4.78 is 0. The largest absolute Gasteiger partial charge is 0.299 e. The van der Waals surface area contributed by atoms with Crippen molar-refractivity contribution < 1.29 is 4.79 Å². The lowest BCUT2D eigenvalue weighted by Gasteiger charge is -2.12. The van der Waals surface area contributed by atoms with Crippen LogP contribution in [0.3, 0.4) is 0 Å². The molecule has 0 aliphatic heterocycles. The number of nitrogens with one attached hydrogen (secondary N) is 3. The zero-order chi connectivity index (χ0) is 15.2. The predicted octanol–water partition coefficient (Wildman–Crippen LogP) is 2.93. The van der Waals surface area contributed by atoms with E-state index in [2.05, 4.69) is 16.2 Å². The van der Waals surface area contributed by atoms with Crippen molar-refractivity contribution >= 4 is 28.9 Å². The van der Waals surface area contributed by atoms with Crippen molar-refractivity contribution in [3.63, 3.8) is 0 Å². The fourth-order valence-corrected chi connectivity index (χ4v) is 1.88. The molecule has 0 aliphatic carbocycles. The molecule has 5 heteroatoms. The number of benzene rings is 2. The average molecular weight is 299 g/mol. The van der Waals surface area contributed by atoms with Gasteiger partial charge in [-0.3, -0.25) is 21.0 Å². The van der Waals surface area contributed by atoms with Gasteiger partial charge in [-0.05, 0) is 61.5 Å². The molecule has 108 valence electrons. The zero-order valence-corrected chi connectivity index (χ0v) is 12.8. The molecule has 0 atom stereocenters. The van der Waals surface area contributed by atoms with Gasteiger partial charge in [-0.2, -0.15) is 0 Å². The molecule has 4 nitrogen and oxygen atoms in total. The normalized spacial score (nSPS) is 9.81. The second-order valence-electron chi connectivity index (χ2n) is 4.70. The molecule has 0 aromatic heterocycles. The predicted molar refractivity (Wildman–Crippen MR) is 89.2 cm³/mol. The molecule has 1 amide bonds. The Bertz CT molecular complexity index is 656. The molecule has 0 saturated heterocycles. The van der Waals surface area contributed by atoms with Crippen molar-refractivity contribution in [2.45, 2.75) is 13.8 Å². The molecule has 2 aromatic carbocycles. The van der Waals surface area contributed by atoms with Crippen molar-refractivity contribution in [2.24, 2.45) is 0 Å². The van der Waals surface area contributed by atoms with Gasteiger partial charge in [-0.1, -0.05) is 24.3 Å². The summed E-state index contributed by atoms with van der Waals surface area (Å²) in [5.41, 5.74) is 9.36. The summed E-state index contributed by atoms with van der Waals surface area (Å²) in [6, 6.07) is 15.1. The van der Waals surface area contributed by atoms with E-state index < -0.39 is 0 Å². The molecule has 3 N–H and O–H groups in total. The van der Waals surface area contributed by atoms with Crippen LogP contribution in [0.5, 0.6) is 0 Å². The number of rotatable bonds is 3. The highest BCUT2D eigenvalue weighted by molar-refractivity contribution is 7.80. The van der Waals surface area contributed by atoms with Gasteiger partial charge < -0.3 is 0 Å². The van der Waals surface area contributed by atoms with Gasteiger partial charge in [-0.25, -0.2) is 0 Å². The maximum absolute atomic E-state index is 12.1. The van der Waals surface area contributed by atoms with Crippen molar-refractivity contribution in [1.29, 1.82) is 0 Å². The highest BCUT2D eigenvalue weighted by Gasteiger charge is 2.08. The minimum Gasteiger partial charge on any atom is -0.299 e. The molecule has 21 heavy (non-hydrogen) atoms. The molecule has 0 fully saturated rings. The van der Waals surface area contributed by atoms with Crippen LogP contribution in [-0.4, -0.2) is 11.0 Å². The van der Waals surface area contributed by atoms with Crippen molar-refractivity contribution in [3.05, 3.63) is 65.2 Å². The lowest BCUT2D eigenvalue weighted by molar-refractivity contribution is 0.0976. The standard InChI is InChI=1S/C16H17N3OS/c1-11-8-9-13(10-12(11)2)15(20)17-16(21)19-18-14-6-4-3-5-7-14/h3-10,18H,1-2H3,(H2,17,19,20,21). The minimum atomic E-state index is -0.231. The third-order valence-electron chi connectivity index (χ3n) is 3.09. The van der Waals surface area contributed by atoms with Gasteiger partial charge in [0.05, 0.1) is 5.69 Å². The molecule has 0 saturated carbocycles. The summed E-state index contributed by atoms with van der Waals surface area (Å²) in [6.45, 7) is 3.98. The third-order valence-corrected chi connectivity index (χ3v) is 3.29. The molecule has 2 rings (SSSR count). The van der Waals surface area contributed by atoms with Crippen LogP contribution in [-0.2, 0) is 0 Å². The fraction of sp³-hybridized carbons (Fsp3) is 0.125. The summed E-state index contributed by atoms with van der Waals surface area (Å²) >= 11 is 5.08. The number of amides is 1. The second-order valence-corrected chi connectivity index (χ2v) is 5.11. The quantitative estimate of drug-likeness (QED) is 0.602. The highest BCUT2D eigenvalue weighted by atomic mass is 32.1. The molecule has 0 spiro atoms. The van der Waals surface area contributed by atoms with Crippen LogP contribution in [0.2, 0.25) is 0 Å². The molecule has 0 unspecified atom stereocenters. The van der Waals surface area contributed by atoms with Crippen LogP contribution in [0.1, 0.15) is 21.5 Å². The highest BCUT2D eigenvalue weighted by Crippen LogP contribution is 2.09. The van der Waals surface area contributed by atoms with E-state index in [0.717, 1.165) is 16.8 Å². The van der Waals surface area contributed by atoms with E-state index in [-0.39, 0.29) is 11.0 Å². The lowest BCUT2D eigenvalue weighted by atomic mass is 10.1. The number of thiocarbonyl (C=S) groups is 1. The van der Waals surface area contributed by atoms with Crippen LogP contribution < -0.4 is 16.2 Å². The Labute approximate surface area is 129 Å². The third kappa shape index (κ3) is 4.29. The number of anilines is 1. The molecular weight excluding hydrogens is 282 g/mol. The maximum Gasteiger partial charge on any atom is 0.257 e. The molecular formula is C16H17N3OS. The average Bonchev–Trinajstić information content (AvgIpc) is 2.49. The van der Waals surface area contributed by atoms with E-state index in [1.54, 1.807) is 6.07 Å². The fourth-order valence-electron chi connectivity index (χ4n) is 1.74. The Morgan fingerprint density at radius 1 is 1.00 bits per heavy atom. The van der Waals surface area contributed by atoms with E-state index in [4.69, 9.17) is 12.2 Å². The first-order chi connectivity index (χ1) is 10.1. The van der Waals surface area contributed by atoms with Crippen LogP contribution >= 0.6 is 12.2 Å². The van der Waals surface area contributed by atoms with E-state index in [1.165, 1.54) is 0 Å². The molecule has 0 bridgehead atoms. The Balaban J connectivity index is 1.90. The van der Waals surface area contributed by atoms with Crippen molar-refractivity contribution in [2.75, 3.05) is 5.43 Å². The Kier molecular flexibility index (Phi) is 4.90. The topological polar surface area (TPSA) is 53.2 Å².